The summed E-state index contributed by atoms with van der Waals surface area (Å²) in [5.74, 6) is -58.5. The number of fused-ring (bicyclic) bond motifs is 5. The van der Waals surface area contributed by atoms with Crippen molar-refractivity contribution in [1.29, 1.82) is 0 Å². The maximum absolute atomic E-state index is 14.4. The number of hydrogen-bond donors (Lipinski definition) is 1. The fourth-order valence-electron chi connectivity index (χ4n) is 9.39. The zero-order valence-electron chi connectivity index (χ0n) is 29.4. The number of ether oxygens (including phenoxy) is 2. The second-order valence-corrected chi connectivity index (χ2v) is 16.9. The Morgan fingerprint density at radius 1 is 0.768 bits per heavy atom. The molecule has 4 aliphatic rings. The van der Waals surface area contributed by atoms with Crippen molar-refractivity contribution in [2.75, 3.05) is 13.2 Å². The summed E-state index contributed by atoms with van der Waals surface area (Å²) in [5, 5.41) is 2.04. The summed E-state index contributed by atoms with van der Waals surface area (Å²) in [6.07, 6.45) is -9.57. The summed E-state index contributed by atoms with van der Waals surface area (Å²) in [4.78, 5) is 27.4. The monoisotopic (exact) mass is 870 g/mol. The first-order valence-corrected chi connectivity index (χ1v) is 17.5. The molecule has 2 bridgehead atoms. The fraction of sp³-hybridized carbons (Fsp3) is 0.938. The third kappa shape index (κ3) is 7.55. The van der Waals surface area contributed by atoms with E-state index in [1.54, 1.807) is 0 Å². The number of aliphatic imine (C=N–C) groups is 1. The molecule has 0 radical (unpaired) electrons. The van der Waals surface area contributed by atoms with Gasteiger partial charge in [-0.2, -0.15) is 74.6 Å². The second kappa shape index (κ2) is 14.5. The lowest BCUT2D eigenvalue weighted by Crippen LogP contribution is -2.74. The summed E-state index contributed by atoms with van der Waals surface area (Å²) in [5.41, 5.74) is -0.697. The predicted molar refractivity (Wildman–Crippen MR) is 158 cm³/mol. The summed E-state index contributed by atoms with van der Waals surface area (Å²) in [6.45, 7) is 4.37. The fourth-order valence-corrected chi connectivity index (χ4v) is 9.81. The van der Waals surface area contributed by atoms with Crippen LogP contribution in [0.5, 0.6) is 0 Å². The average molecular weight is 871 g/mol. The number of isocyanates is 1. The van der Waals surface area contributed by atoms with E-state index in [4.69, 9.17) is 21.1 Å². The number of rotatable bonds is 14. The lowest BCUT2D eigenvalue weighted by Gasteiger charge is -2.46. The molecule has 0 aromatic rings. The minimum atomic E-state index is -8.68. The Morgan fingerprint density at radius 2 is 1.30 bits per heavy atom. The zero-order chi connectivity index (χ0) is 43.1. The van der Waals surface area contributed by atoms with E-state index in [0.717, 1.165) is 0 Å². The molecular formula is C32H36ClF17N2O4. The van der Waals surface area contributed by atoms with Gasteiger partial charge in [0, 0.05) is 18.4 Å². The van der Waals surface area contributed by atoms with Crippen LogP contribution in [0.15, 0.2) is 4.99 Å². The lowest BCUT2D eigenvalue weighted by atomic mass is 9.62. The van der Waals surface area contributed by atoms with E-state index >= 15 is 0 Å². The molecule has 0 aromatic heterocycles. The Labute approximate surface area is 312 Å². The van der Waals surface area contributed by atoms with Crippen molar-refractivity contribution in [1.82, 2.24) is 5.32 Å². The number of amides is 1. The van der Waals surface area contributed by atoms with Gasteiger partial charge in [0.05, 0.1) is 24.6 Å². The number of carbonyl (C=O) groups is 1. The van der Waals surface area contributed by atoms with E-state index in [0.29, 0.717) is 25.7 Å². The van der Waals surface area contributed by atoms with Gasteiger partial charge in [-0.15, -0.1) is 11.6 Å². The third-order valence-corrected chi connectivity index (χ3v) is 11.9. The van der Waals surface area contributed by atoms with Gasteiger partial charge in [-0.25, -0.2) is 14.6 Å². The maximum Gasteiger partial charge on any atom is 0.460 e. The van der Waals surface area contributed by atoms with E-state index in [9.17, 15) is 84.2 Å². The summed E-state index contributed by atoms with van der Waals surface area (Å²) in [6, 6.07) is -0.380. The van der Waals surface area contributed by atoms with E-state index in [-0.39, 0.29) is 36.8 Å². The minimum absolute atomic E-state index is 0.0196. The van der Waals surface area contributed by atoms with E-state index in [1.807, 2.05) is 20.8 Å². The average Bonchev–Trinajstić information content (AvgIpc) is 3.68. The first kappa shape index (κ1) is 46.4. The molecule has 0 aliphatic heterocycles. The molecule has 24 heteroatoms. The maximum atomic E-state index is 14.4. The number of halogens is 18. The molecule has 0 aromatic carbocycles. The molecule has 4 aliphatic carbocycles. The molecule has 6 nitrogen and oxygen atoms in total. The largest absolute Gasteiger partial charge is 0.460 e. The molecule has 56 heavy (non-hydrogen) atoms. The van der Waals surface area contributed by atoms with Crippen LogP contribution in [0.2, 0.25) is 0 Å². The highest BCUT2D eigenvalue weighted by Crippen LogP contribution is 2.65. The Hall–Kier alpha value is -2.29. The molecule has 0 spiro atoms. The molecule has 7 unspecified atom stereocenters. The van der Waals surface area contributed by atoms with Crippen LogP contribution in [0.25, 0.3) is 0 Å². The van der Waals surface area contributed by atoms with Crippen molar-refractivity contribution < 1.29 is 93.7 Å². The van der Waals surface area contributed by atoms with E-state index < -0.39 is 108 Å². The van der Waals surface area contributed by atoms with Gasteiger partial charge in [-0.1, -0.05) is 20.8 Å². The van der Waals surface area contributed by atoms with Gasteiger partial charge < -0.3 is 14.8 Å². The van der Waals surface area contributed by atoms with Gasteiger partial charge in [0.15, 0.2) is 0 Å². The van der Waals surface area contributed by atoms with Crippen molar-refractivity contribution in [3.8, 4) is 0 Å². The number of nitrogens with zero attached hydrogens (tertiary/aromatic N) is 1. The van der Waals surface area contributed by atoms with Crippen molar-refractivity contribution in [2.24, 2.45) is 39.5 Å². The number of hydrogen-bond acceptors (Lipinski definition) is 5. The van der Waals surface area contributed by atoms with Crippen molar-refractivity contribution in [2.45, 2.75) is 137 Å². The molecule has 1 N–H and O–H groups in total. The van der Waals surface area contributed by atoms with Crippen LogP contribution in [0, 0.1) is 34.5 Å². The van der Waals surface area contributed by atoms with Crippen LogP contribution in [-0.4, -0.2) is 96.6 Å². The van der Waals surface area contributed by atoms with Gasteiger partial charge in [0.25, 0.3) is 0 Å². The highest BCUT2D eigenvalue weighted by molar-refractivity contribution is 6.21. The van der Waals surface area contributed by atoms with Crippen LogP contribution in [0.1, 0.15) is 65.7 Å². The van der Waals surface area contributed by atoms with Crippen LogP contribution >= 0.6 is 11.6 Å². The van der Waals surface area contributed by atoms with Gasteiger partial charge >= 0.3 is 53.7 Å². The van der Waals surface area contributed by atoms with Crippen LogP contribution < -0.4 is 5.32 Å². The Morgan fingerprint density at radius 3 is 1.84 bits per heavy atom. The van der Waals surface area contributed by atoms with Gasteiger partial charge in [-0.3, -0.25) is 0 Å². The standard InChI is InChI=1S/C32H36ClF17N2O4/c1-23(2)9-15(10-24(3,11-23)12-51-13-53)52-22(54)56-21-18(33)8-17-16-6-14(20(17)21)7-19(16)55-5-4-25(34,35)26(36,37)27(38,39)28(40,41)29(42,43)30(44,45)31(46,47)32(48,49)50/h14-21H,4-12H2,1-3H3,(H,52,54)/t14-,15?,16-,17?,18?,19?,20?,21?,24?/m1/s1. The summed E-state index contributed by atoms with van der Waals surface area (Å²) in [7, 11) is 0. The normalized spacial score (nSPS) is 32.9. The molecule has 4 saturated carbocycles. The first-order chi connectivity index (χ1) is 25.0. The second-order valence-electron chi connectivity index (χ2n) is 16.4. The summed E-state index contributed by atoms with van der Waals surface area (Å²) >= 11 is 6.52. The van der Waals surface area contributed by atoms with Gasteiger partial charge in [0.2, 0.25) is 6.08 Å². The SMILES string of the molecule is CC1(C)CC(NC(=O)OC2C(Cl)CC3C2[C@H]2CC(OCCC(F)(F)C(F)(F)C(F)(F)C(F)(F)C(F)(F)C(F)(F)C(F)(F)C(F)(F)F)[C@@H]3C2)CC(C)(CN=C=O)C1. The molecule has 0 saturated heterocycles. The third-order valence-electron chi connectivity index (χ3n) is 11.5. The van der Waals surface area contributed by atoms with Crippen LogP contribution in [0.3, 0.4) is 0 Å². The van der Waals surface area contributed by atoms with Crippen LogP contribution in [0.4, 0.5) is 79.4 Å². The highest BCUT2D eigenvalue weighted by Gasteiger charge is 2.95. The Bertz CT molecular complexity index is 1520. The molecular weight excluding hydrogens is 835 g/mol. The quantitative estimate of drug-likeness (QED) is 0.0817. The van der Waals surface area contributed by atoms with Crippen LogP contribution in [-0.2, 0) is 14.3 Å². The zero-order valence-corrected chi connectivity index (χ0v) is 30.1. The Kier molecular flexibility index (Phi) is 12.0. The highest BCUT2D eigenvalue weighted by atomic mass is 35.5. The van der Waals surface area contributed by atoms with Crippen molar-refractivity contribution >= 4 is 23.8 Å². The summed E-state index contributed by atoms with van der Waals surface area (Å²) < 4.78 is 242. The van der Waals surface area contributed by atoms with E-state index in [2.05, 4.69) is 10.3 Å². The first-order valence-electron chi connectivity index (χ1n) is 17.0. The van der Waals surface area contributed by atoms with E-state index in [1.165, 1.54) is 6.08 Å². The number of alkyl carbamates (subject to hydrolysis) is 1. The van der Waals surface area contributed by atoms with Gasteiger partial charge in [-0.05, 0) is 67.1 Å². The lowest BCUT2D eigenvalue weighted by molar-refractivity contribution is -0.462. The smallest absolute Gasteiger partial charge is 0.444 e. The van der Waals surface area contributed by atoms with Crippen molar-refractivity contribution in [3.05, 3.63) is 0 Å². The molecule has 1 amide bonds. The molecule has 9 atom stereocenters. The Balaban J connectivity index is 1.38. The van der Waals surface area contributed by atoms with Crippen molar-refractivity contribution in [3.63, 3.8) is 0 Å². The molecule has 4 fully saturated rings. The topological polar surface area (TPSA) is 77.0 Å². The number of alkyl halides is 18. The predicted octanol–water partition coefficient (Wildman–Crippen LogP) is 10.1. The molecule has 0 heterocycles. The molecule has 324 valence electrons. The number of nitrogens with one attached hydrogen (secondary N) is 1. The van der Waals surface area contributed by atoms with Gasteiger partial charge in [0.1, 0.15) is 6.10 Å². The molecule has 4 rings (SSSR count). The number of carbonyl (C=O) groups excluding carboxylic acids is 2. The minimum Gasteiger partial charge on any atom is -0.444 e.